The maximum absolute atomic E-state index is 13.8. The zero-order valence-corrected chi connectivity index (χ0v) is 34.6. The molecule has 0 aliphatic rings. The standard InChI is InChI=1S/C36H61N11O7S2/c1-21(2)18-28(35(54)45-24(12-9-15-41-36(39)40)33(52)46-27(30(38)49)19-23-10-7-6-8-11-23)47-34(53)26(14-17-56-5)43-29(48)20-42-32(51)25(13-16-55-4)44-31(50)22(3)37/h6-8,10-11,21-22,24-28H,9,12-20,37H2,1-5H3,(H2,38,49)(H,42,51)(H,43,48)(H,44,50)(H,45,54)(H,46,52)(H,47,53)(H4,39,40,41)/t22-,24-,25-,26-,27-,28-/m0/s1. The van der Waals surface area contributed by atoms with Crippen LogP contribution in [0.25, 0.3) is 0 Å². The molecule has 1 rings (SSSR count). The van der Waals surface area contributed by atoms with Crippen LogP contribution in [0.1, 0.15) is 58.4 Å². The second kappa shape index (κ2) is 27.1. The molecule has 1 aromatic carbocycles. The minimum Gasteiger partial charge on any atom is -0.370 e. The maximum Gasteiger partial charge on any atom is 0.243 e. The predicted molar refractivity (Wildman–Crippen MR) is 221 cm³/mol. The molecule has 18 nitrogen and oxygen atoms in total. The summed E-state index contributed by atoms with van der Waals surface area (Å²) in [6, 6.07) is 2.79. The van der Waals surface area contributed by atoms with Crippen LogP contribution in [0, 0.1) is 5.92 Å². The minimum atomic E-state index is -1.16. The van der Waals surface area contributed by atoms with E-state index in [1.54, 1.807) is 24.3 Å². The van der Waals surface area contributed by atoms with E-state index in [2.05, 4.69) is 36.9 Å². The number of hydrogen-bond acceptors (Lipinski definition) is 11. The lowest BCUT2D eigenvalue weighted by Gasteiger charge is -2.27. The molecular weight excluding hydrogens is 763 g/mol. The summed E-state index contributed by atoms with van der Waals surface area (Å²) in [6.45, 7) is 4.88. The van der Waals surface area contributed by atoms with E-state index >= 15 is 0 Å². The van der Waals surface area contributed by atoms with Crippen LogP contribution in [0.15, 0.2) is 35.3 Å². The highest BCUT2D eigenvalue weighted by Gasteiger charge is 2.32. The first-order valence-corrected chi connectivity index (χ1v) is 21.2. The van der Waals surface area contributed by atoms with Gasteiger partial charge in [0, 0.05) is 13.0 Å². The molecule has 0 saturated carbocycles. The van der Waals surface area contributed by atoms with Crippen LogP contribution < -0.4 is 54.8 Å². The summed E-state index contributed by atoms with van der Waals surface area (Å²) >= 11 is 2.93. The van der Waals surface area contributed by atoms with Gasteiger partial charge < -0.3 is 54.8 Å². The Morgan fingerprint density at radius 2 is 1.16 bits per heavy atom. The Labute approximate surface area is 337 Å². The molecule has 0 saturated heterocycles. The Kier molecular flexibility index (Phi) is 23.9. The fraction of sp³-hybridized carbons (Fsp3) is 0.611. The molecule has 0 spiro atoms. The number of nitrogens with zero attached hydrogens (tertiary/aromatic N) is 1. The molecule has 7 amide bonds. The van der Waals surface area contributed by atoms with E-state index in [-0.39, 0.29) is 50.5 Å². The van der Waals surface area contributed by atoms with Gasteiger partial charge in [0.1, 0.15) is 30.2 Å². The summed E-state index contributed by atoms with van der Waals surface area (Å²) in [5, 5.41) is 15.8. The van der Waals surface area contributed by atoms with Crippen molar-refractivity contribution in [3.63, 3.8) is 0 Å². The van der Waals surface area contributed by atoms with Crippen molar-refractivity contribution in [2.45, 2.75) is 95.5 Å². The number of hydrogen-bond donors (Lipinski definition) is 10. The van der Waals surface area contributed by atoms with Crippen LogP contribution in [0.2, 0.25) is 0 Å². The van der Waals surface area contributed by atoms with Crippen molar-refractivity contribution in [2.75, 3.05) is 37.1 Å². The third-order valence-electron chi connectivity index (χ3n) is 8.20. The van der Waals surface area contributed by atoms with Crippen molar-refractivity contribution in [3.8, 4) is 0 Å². The van der Waals surface area contributed by atoms with Crippen molar-refractivity contribution < 1.29 is 33.6 Å². The number of thioether (sulfide) groups is 2. The van der Waals surface area contributed by atoms with Crippen LogP contribution in [0.5, 0.6) is 0 Å². The number of rotatable bonds is 27. The number of carbonyl (C=O) groups is 7. The van der Waals surface area contributed by atoms with Gasteiger partial charge in [-0.05, 0) is 74.5 Å². The largest absolute Gasteiger partial charge is 0.370 e. The molecule has 0 bridgehead atoms. The second-order valence-corrected chi connectivity index (χ2v) is 15.6. The van der Waals surface area contributed by atoms with Gasteiger partial charge in [-0.1, -0.05) is 44.2 Å². The highest BCUT2D eigenvalue weighted by Crippen LogP contribution is 2.10. The topological polar surface area (TPSA) is 308 Å². The molecular formula is C36H61N11O7S2. The van der Waals surface area contributed by atoms with Crippen molar-refractivity contribution >= 4 is 70.8 Å². The molecule has 0 radical (unpaired) electrons. The maximum atomic E-state index is 13.8. The average Bonchev–Trinajstić information content (AvgIpc) is 3.14. The third-order valence-corrected chi connectivity index (χ3v) is 9.49. The van der Waals surface area contributed by atoms with E-state index in [1.165, 1.54) is 30.4 Å². The van der Waals surface area contributed by atoms with Crippen molar-refractivity contribution in [3.05, 3.63) is 35.9 Å². The molecule has 0 aromatic heterocycles. The molecule has 0 aliphatic heterocycles. The Morgan fingerprint density at radius 1 is 0.661 bits per heavy atom. The van der Waals surface area contributed by atoms with E-state index in [4.69, 9.17) is 22.9 Å². The van der Waals surface area contributed by atoms with Crippen molar-refractivity contribution in [2.24, 2.45) is 33.8 Å². The predicted octanol–water partition coefficient (Wildman–Crippen LogP) is -1.79. The van der Waals surface area contributed by atoms with Gasteiger partial charge in [-0.2, -0.15) is 23.5 Å². The third kappa shape index (κ3) is 20.4. The number of nitrogens with one attached hydrogen (secondary N) is 6. The van der Waals surface area contributed by atoms with Gasteiger partial charge in [-0.25, -0.2) is 0 Å². The smallest absolute Gasteiger partial charge is 0.243 e. The van der Waals surface area contributed by atoms with Crippen LogP contribution in [0.4, 0.5) is 0 Å². The highest BCUT2D eigenvalue weighted by molar-refractivity contribution is 7.98. The number of primary amides is 1. The monoisotopic (exact) mass is 823 g/mol. The number of amides is 7. The molecule has 0 heterocycles. The van der Waals surface area contributed by atoms with Crippen LogP contribution in [-0.4, -0.2) is 121 Å². The van der Waals surface area contributed by atoms with Gasteiger partial charge in [0.05, 0.1) is 12.6 Å². The van der Waals surface area contributed by atoms with Crippen molar-refractivity contribution in [1.29, 1.82) is 0 Å². The Morgan fingerprint density at radius 3 is 1.68 bits per heavy atom. The van der Waals surface area contributed by atoms with Gasteiger partial charge >= 0.3 is 0 Å². The Bertz CT molecular complexity index is 1460. The number of guanidine groups is 1. The van der Waals surface area contributed by atoms with Crippen molar-refractivity contribution in [1.82, 2.24) is 31.9 Å². The lowest BCUT2D eigenvalue weighted by molar-refractivity contribution is -0.135. The summed E-state index contributed by atoms with van der Waals surface area (Å²) < 4.78 is 0. The highest BCUT2D eigenvalue weighted by atomic mass is 32.2. The van der Waals surface area contributed by atoms with E-state index in [0.29, 0.717) is 17.9 Å². The van der Waals surface area contributed by atoms with Crippen LogP contribution in [-0.2, 0) is 40.0 Å². The number of aliphatic imine (C=N–C) groups is 1. The van der Waals surface area contributed by atoms with Crippen LogP contribution in [0.3, 0.4) is 0 Å². The van der Waals surface area contributed by atoms with Gasteiger partial charge in [0.2, 0.25) is 41.4 Å². The molecule has 0 unspecified atom stereocenters. The average molecular weight is 824 g/mol. The van der Waals surface area contributed by atoms with Gasteiger partial charge in [0.15, 0.2) is 5.96 Å². The SMILES string of the molecule is CSCC[C@H](NC(=O)CNC(=O)[C@H](CCSC)NC(=O)[C@H](C)N)C(=O)N[C@@H](CC(C)C)C(=O)N[C@@H](CCCN=C(N)N)C(=O)N[C@@H](Cc1ccccc1)C(N)=O. The van der Waals surface area contributed by atoms with E-state index in [9.17, 15) is 33.6 Å². The first-order valence-electron chi connectivity index (χ1n) is 18.4. The van der Waals surface area contributed by atoms with Gasteiger partial charge in [0.25, 0.3) is 0 Å². The summed E-state index contributed by atoms with van der Waals surface area (Å²) in [7, 11) is 0. The van der Waals surface area contributed by atoms with E-state index in [1.807, 2.05) is 32.4 Å². The normalized spacial score (nSPS) is 14.1. The number of carbonyl (C=O) groups excluding carboxylic acids is 7. The first-order chi connectivity index (χ1) is 26.5. The van der Waals surface area contributed by atoms with Gasteiger partial charge in [-0.3, -0.25) is 38.6 Å². The Hall–Kier alpha value is -4.56. The fourth-order valence-corrected chi connectivity index (χ4v) is 6.16. The molecule has 0 aliphatic carbocycles. The quantitative estimate of drug-likeness (QED) is 0.0267. The lowest BCUT2D eigenvalue weighted by Crippen LogP contribution is -2.59. The Balaban J connectivity index is 3.16. The second-order valence-electron chi connectivity index (χ2n) is 13.6. The van der Waals surface area contributed by atoms with E-state index < -0.39 is 84.1 Å². The number of nitrogens with two attached hydrogens (primary N) is 4. The first kappa shape index (κ1) is 49.5. The summed E-state index contributed by atoms with van der Waals surface area (Å²) in [5.41, 5.74) is 22.9. The molecule has 0 fully saturated rings. The molecule has 20 heteroatoms. The zero-order chi connectivity index (χ0) is 42.2. The molecule has 14 N–H and O–H groups in total. The van der Waals surface area contributed by atoms with Crippen LogP contribution >= 0.6 is 23.5 Å². The minimum absolute atomic E-state index is 0.0819. The summed E-state index contributed by atoms with van der Waals surface area (Å²) in [5.74, 6) is -3.68. The summed E-state index contributed by atoms with van der Waals surface area (Å²) in [6.07, 6.45) is 4.87. The van der Waals surface area contributed by atoms with Gasteiger partial charge in [-0.15, -0.1) is 0 Å². The molecule has 314 valence electrons. The number of benzene rings is 1. The fourth-order valence-electron chi connectivity index (χ4n) is 5.21. The molecule has 56 heavy (non-hydrogen) atoms. The summed E-state index contributed by atoms with van der Waals surface area (Å²) in [4.78, 5) is 95.5. The molecule has 6 atom stereocenters. The zero-order valence-electron chi connectivity index (χ0n) is 32.9. The molecule has 1 aromatic rings. The lowest BCUT2D eigenvalue weighted by atomic mass is 10.0. The van der Waals surface area contributed by atoms with E-state index in [0.717, 1.165) is 5.56 Å².